The molecule has 0 unspecified atom stereocenters. The second kappa shape index (κ2) is 14.8. The molecular formula is C32H46N2O3. The Morgan fingerprint density at radius 2 is 1.35 bits per heavy atom. The van der Waals surface area contributed by atoms with Crippen LogP contribution in [0.25, 0.3) is 0 Å². The summed E-state index contributed by atoms with van der Waals surface area (Å²) < 4.78 is 5.34. The zero-order valence-corrected chi connectivity index (χ0v) is 23.0. The van der Waals surface area contributed by atoms with Crippen molar-refractivity contribution in [1.82, 2.24) is 10.6 Å². The fourth-order valence-corrected chi connectivity index (χ4v) is 5.17. The summed E-state index contributed by atoms with van der Waals surface area (Å²) >= 11 is 0. The highest BCUT2D eigenvalue weighted by Crippen LogP contribution is 2.29. The smallest absolute Gasteiger partial charge is 0.407 e. The van der Waals surface area contributed by atoms with E-state index in [4.69, 9.17) is 4.74 Å². The summed E-state index contributed by atoms with van der Waals surface area (Å²) in [6, 6.07) is 21.4. The van der Waals surface area contributed by atoms with Crippen LogP contribution in [-0.2, 0) is 22.4 Å². The van der Waals surface area contributed by atoms with E-state index in [2.05, 4.69) is 71.3 Å². The standard InChI is InChI=1S/C32H46N2O3/c1-32(2,3)37-31(36)33-24-27-20-22-28(23-21-27)30(35)34-29(18-10-16-25-12-6-4-7-13-25)19-11-17-26-14-8-5-9-15-26/h4-9,12-15,27-29H,10-11,16-24H2,1-3H3,(H,33,36)(H,34,35). The average molecular weight is 507 g/mol. The molecule has 2 N–H and O–H groups in total. The van der Waals surface area contributed by atoms with E-state index in [1.165, 1.54) is 11.1 Å². The van der Waals surface area contributed by atoms with Crippen LogP contribution in [0.5, 0.6) is 0 Å². The number of aryl methyl sites for hydroxylation is 2. The van der Waals surface area contributed by atoms with Gasteiger partial charge in [0.1, 0.15) is 5.60 Å². The highest BCUT2D eigenvalue weighted by Gasteiger charge is 2.28. The van der Waals surface area contributed by atoms with E-state index in [1.807, 2.05) is 20.8 Å². The Hall–Kier alpha value is -2.82. The number of carbonyl (C=O) groups excluding carboxylic acids is 2. The van der Waals surface area contributed by atoms with E-state index in [9.17, 15) is 9.59 Å². The number of rotatable bonds is 12. The maximum absolute atomic E-state index is 13.2. The summed E-state index contributed by atoms with van der Waals surface area (Å²) in [4.78, 5) is 25.2. The first-order valence-electron chi connectivity index (χ1n) is 14.1. The second-order valence-electron chi connectivity index (χ2n) is 11.6. The predicted molar refractivity (Wildman–Crippen MR) is 150 cm³/mol. The van der Waals surface area contributed by atoms with E-state index in [0.717, 1.165) is 64.2 Å². The van der Waals surface area contributed by atoms with Gasteiger partial charge >= 0.3 is 6.09 Å². The summed E-state index contributed by atoms with van der Waals surface area (Å²) in [6.07, 6.45) is 9.56. The van der Waals surface area contributed by atoms with Crippen LogP contribution < -0.4 is 10.6 Å². The molecule has 0 saturated heterocycles. The highest BCUT2D eigenvalue weighted by molar-refractivity contribution is 5.79. The summed E-state index contributed by atoms with van der Waals surface area (Å²) in [5, 5.41) is 6.32. The van der Waals surface area contributed by atoms with E-state index < -0.39 is 5.60 Å². The fourth-order valence-electron chi connectivity index (χ4n) is 5.17. The third-order valence-corrected chi connectivity index (χ3v) is 7.22. The Kier molecular flexibility index (Phi) is 11.5. The van der Waals surface area contributed by atoms with Gasteiger partial charge < -0.3 is 15.4 Å². The van der Waals surface area contributed by atoms with Gasteiger partial charge in [0.2, 0.25) is 5.91 Å². The number of amides is 2. The topological polar surface area (TPSA) is 67.4 Å². The van der Waals surface area contributed by atoms with Crippen molar-refractivity contribution in [2.75, 3.05) is 6.54 Å². The first kappa shape index (κ1) is 28.7. The molecule has 0 atom stereocenters. The normalized spacial score (nSPS) is 17.8. The van der Waals surface area contributed by atoms with Crippen LogP contribution in [0.15, 0.2) is 60.7 Å². The van der Waals surface area contributed by atoms with Crippen LogP contribution in [0, 0.1) is 11.8 Å². The van der Waals surface area contributed by atoms with Gasteiger partial charge in [-0.25, -0.2) is 4.79 Å². The third kappa shape index (κ3) is 11.4. The molecule has 2 aromatic rings. The van der Waals surface area contributed by atoms with Gasteiger partial charge in [-0.05, 0) is 102 Å². The Labute approximate surface area is 223 Å². The Bertz CT molecular complexity index is 886. The van der Waals surface area contributed by atoms with Crippen LogP contribution in [0.4, 0.5) is 4.79 Å². The Morgan fingerprint density at radius 1 is 0.838 bits per heavy atom. The van der Waals surface area contributed by atoms with Crippen LogP contribution in [0.1, 0.15) is 83.3 Å². The van der Waals surface area contributed by atoms with Crippen molar-refractivity contribution in [1.29, 1.82) is 0 Å². The van der Waals surface area contributed by atoms with Gasteiger partial charge in [-0.15, -0.1) is 0 Å². The molecule has 0 bridgehead atoms. The van der Waals surface area contributed by atoms with Crippen molar-refractivity contribution in [3.05, 3.63) is 71.8 Å². The number of ether oxygens (including phenoxy) is 1. The van der Waals surface area contributed by atoms with Gasteiger partial charge in [-0.1, -0.05) is 60.7 Å². The second-order valence-corrected chi connectivity index (χ2v) is 11.6. The lowest BCUT2D eigenvalue weighted by molar-refractivity contribution is -0.127. The minimum atomic E-state index is -0.488. The molecule has 0 spiro atoms. The van der Waals surface area contributed by atoms with Crippen molar-refractivity contribution in [2.24, 2.45) is 11.8 Å². The largest absolute Gasteiger partial charge is 0.444 e. The van der Waals surface area contributed by atoms with E-state index in [-0.39, 0.29) is 24.0 Å². The molecular weight excluding hydrogens is 460 g/mol. The number of benzene rings is 2. The zero-order valence-electron chi connectivity index (χ0n) is 23.0. The lowest BCUT2D eigenvalue weighted by atomic mass is 9.81. The molecule has 5 heteroatoms. The first-order chi connectivity index (χ1) is 17.8. The molecule has 0 radical (unpaired) electrons. The van der Waals surface area contributed by atoms with Gasteiger partial charge in [0.25, 0.3) is 0 Å². The quantitative estimate of drug-likeness (QED) is 0.331. The van der Waals surface area contributed by atoms with Crippen LogP contribution in [-0.4, -0.2) is 30.2 Å². The maximum Gasteiger partial charge on any atom is 0.407 e. The molecule has 2 amide bonds. The van der Waals surface area contributed by atoms with E-state index in [0.29, 0.717) is 12.5 Å². The number of alkyl carbamates (subject to hydrolysis) is 1. The predicted octanol–water partition coefficient (Wildman–Crippen LogP) is 6.85. The molecule has 3 rings (SSSR count). The molecule has 202 valence electrons. The third-order valence-electron chi connectivity index (χ3n) is 7.22. The summed E-state index contributed by atoms with van der Waals surface area (Å²) in [5.41, 5.74) is 2.23. The molecule has 1 fully saturated rings. The maximum atomic E-state index is 13.2. The summed E-state index contributed by atoms with van der Waals surface area (Å²) in [6.45, 7) is 6.22. The van der Waals surface area contributed by atoms with Gasteiger partial charge in [0.05, 0.1) is 0 Å². The molecule has 2 aromatic carbocycles. The van der Waals surface area contributed by atoms with Crippen molar-refractivity contribution in [3.63, 3.8) is 0 Å². The summed E-state index contributed by atoms with van der Waals surface area (Å²) in [7, 11) is 0. The monoisotopic (exact) mass is 506 g/mol. The van der Waals surface area contributed by atoms with Crippen LogP contribution in [0.3, 0.4) is 0 Å². The van der Waals surface area contributed by atoms with E-state index in [1.54, 1.807) is 0 Å². The first-order valence-corrected chi connectivity index (χ1v) is 14.1. The number of nitrogens with one attached hydrogen (secondary N) is 2. The number of hydrogen-bond donors (Lipinski definition) is 2. The lowest BCUT2D eigenvalue weighted by Gasteiger charge is -2.30. The average Bonchev–Trinajstić information content (AvgIpc) is 2.88. The van der Waals surface area contributed by atoms with E-state index >= 15 is 0 Å². The van der Waals surface area contributed by atoms with Crippen LogP contribution >= 0.6 is 0 Å². The lowest BCUT2D eigenvalue weighted by Crippen LogP contribution is -2.41. The van der Waals surface area contributed by atoms with Crippen molar-refractivity contribution >= 4 is 12.0 Å². The molecule has 1 aliphatic carbocycles. The van der Waals surface area contributed by atoms with Gasteiger partial charge in [0, 0.05) is 18.5 Å². The van der Waals surface area contributed by atoms with Crippen LogP contribution in [0.2, 0.25) is 0 Å². The Morgan fingerprint density at radius 3 is 1.84 bits per heavy atom. The molecule has 1 saturated carbocycles. The molecule has 1 aliphatic rings. The molecule has 0 aliphatic heterocycles. The molecule has 37 heavy (non-hydrogen) atoms. The van der Waals surface area contributed by atoms with Crippen molar-refractivity contribution in [2.45, 2.75) is 96.6 Å². The minimum Gasteiger partial charge on any atom is -0.444 e. The van der Waals surface area contributed by atoms with Gasteiger partial charge in [-0.3, -0.25) is 4.79 Å². The number of carbonyl (C=O) groups is 2. The highest BCUT2D eigenvalue weighted by atomic mass is 16.6. The molecule has 0 aromatic heterocycles. The van der Waals surface area contributed by atoms with Gasteiger partial charge in [0.15, 0.2) is 0 Å². The minimum absolute atomic E-state index is 0.0727. The fraction of sp³-hybridized carbons (Fsp3) is 0.562. The van der Waals surface area contributed by atoms with Gasteiger partial charge in [-0.2, -0.15) is 0 Å². The van der Waals surface area contributed by atoms with Crippen molar-refractivity contribution < 1.29 is 14.3 Å². The number of hydrogen-bond acceptors (Lipinski definition) is 3. The SMILES string of the molecule is CC(C)(C)OC(=O)NCC1CCC(C(=O)NC(CCCc2ccccc2)CCCc2ccccc2)CC1. The summed E-state index contributed by atoms with van der Waals surface area (Å²) in [5.74, 6) is 0.690. The molecule has 0 heterocycles. The Balaban J connectivity index is 1.43. The van der Waals surface area contributed by atoms with Crippen molar-refractivity contribution in [3.8, 4) is 0 Å². The zero-order chi connectivity index (χ0) is 26.5. The molecule has 5 nitrogen and oxygen atoms in total.